The van der Waals surface area contributed by atoms with Gasteiger partial charge in [0.15, 0.2) is 0 Å². The van der Waals surface area contributed by atoms with E-state index in [0.29, 0.717) is 5.56 Å². The first-order chi connectivity index (χ1) is 11.5. The van der Waals surface area contributed by atoms with Crippen molar-refractivity contribution >= 4 is 33.3 Å². The van der Waals surface area contributed by atoms with Crippen molar-refractivity contribution in [1.82, 2.24) is 9.88 Å². The van der Waals surface area contributed by atoms with Crippen LogP contribution in [0.15, 0.2) is 41.0 Å². The number of carbonyl (C=O) groups is 1. The van der Waals surface area contributed by atoms with Crippen molar-refractivity contribution in [3.05, 3.63) is 52.1 Å². The Labute approximate surface area is 150 Å². The lowest BCUT2D eigenvalue weighted by atomic mass is 10.2. The topological polar surface area (TPSA) is 48.5 Å². The van der Waals surface area contributed by atoms with Crippen LogP contribution in [0.5, 0.6) is 0 Å². The second-order valence-electron chi connectivity index (χ2n) is 6.13. The number of amides is 1. The van der Waals surface area contributed by atoms with Crippen LogP contribution in [0.1, 0.15) is 15.9 Å². The van der Waals surface area contributed by atoms with Gasteiger partial charge < -0.3 is 15.1 Å². The summed E-state index contributed by atoms with van der Waals surface area (Å²) in [5.41, 5.74) is 2.52. The minimum atomic E-state index is -0.127. The highest BCUT2D eigenvalue weighted by Gasteiger charge is 2.17. The number of hydrogen-bond acceptors (Lipinski definition) is 4. The van der Waals surface area contributed by atoms with Gasteiger partial charge in [-0.3, -0.25) is 4.79 Å². The summed E-state index contributed by atoms with van der Waals surface area (Å²) in [5, 5.41) is 2.95. The molecule has 1 saturated heterocycles. The van der Waals surface area contributed by atoms with E-state index in [-0.39, 0.29) is 5.91 Å². The third-order valence-corrected chi connectivity index (χ3v) is 4.86. The first-order valence-electron chi connectivity index (χ1n) is 8.00. The average molecular weight is 389 g/mol. The van der Waals surface area contributed by atoms with E-state index in [1.807, 2.05) is 31.2 Å². The molecule has 2 aromatic rings. The lowest BCUT2D eigenvalue weighted by molar-refractivity contribution is 0.102. The molecule has 0 saturated carbocycles. The van der Waals surface area contributed by atoms with Gasteiger partial charge in [0.25, 0.3) is 5.91 Å². The molecule has 0 radical (unpaired) electrons. The molecule has 0 spiro atoms. The number of pyridine rings is 1. The van der Waals surface area contributed by atoms with Gasteiger partial charge in [-0.15, -0.1) is 0 Å². The Morgan fingerprint density at radius 1 is 1.17 bits per heavy atom. The van der Waals surface area contributed by atoms with E-state index < -0.39 is 0 Å². The summed E-state index contributed by atoms with van der Waals surface area (Å²) in [6.07, 6.45) is 1.70. The zero-order chi connectivity index (χ0) is 17.1. The Bertz CT molecular complexity index is 742. The number of aryl methyl sites for hydroxylation is 1. The normalized spacial score (nSPS) is 15.4. The molecule has 0 aliphatic carbocycles. The highest BCUT2D eigenvalue weighted by molar-refractivity contribution is 9.10. The molecule has 1 aromatic heterocycles. The monoisotopic (exact) mass is 388 g/mol. The molecule has 0 atom stereocenters. The lowest BCUT2D eigenvalue weighted by Gasteiger charge is -2.33. The molecule has 0 unspecified atom stereocenters. The fraction of sp³-hybridized carbons (Fsp3) is 0.333. The molecule has 1 aromatic carbocycles. The van der Waals surface area contributed by atoms with Crippen LogP contribution in [0.4, 0.5) is 11.5 Å². The number of rotatable bonds is 3. The summed E-state index contributed by atoms with van der Waals surface area (Å²) in [6, 6.07) is 9.47. The number of benzene rings is 1. The van der Waals surface area contributed by atoms with Crippen molar-refractivity contribution in [3.63, 3.8) is 0 Å². The maximum Gasteiger partial charge on any atom is 0.255 e. The van der Waals surface area contributed by atoms with E-state index in [2.05, 4.69) is 43.1 Å². The molecule has 2 heterocycles. The van der Waals surface area contributed by atoms with Gasteiger partial charge in [0.2, 0.25) is 0 Å². The number of aromatic nitrogens is 1. The first-order valence-corrected chi connectivity index (χ1v) is 8.79. The number of nitrogens with one attached hydrogen (secondary N) is 1. The minimum absolute atomic E-state index is 0.127. The van der Waals surface area contributed by atoms with Crippen LogP contribution >= 0.6 is 15.9 Å². The standard InChI is InChI=1S/C18H21BrN4O/c1-13-3-4-16(15(19)11-13)21-18(24)14-5-6-20-17(12-14)23-9-7-22(2)8-10-23/h3-6,11-12H,7-10H2,1-2H3,(H,21,24). The van der Waals surface area contributed by atoms with E-state index in [1.54, 1.807) is 12.3 Å². The average Bonchev–Trinajstić information content (AvgIpc) is 2.58. The summed E-state index contributed by atoms with van der Waals surface area (Å²) < 4.78 is 0.879. The number of likely N-dealkylation sites (N-methyl/N-ethyl adjacent to an activating group) is 1. The van der Waals surface area contributed by atoms with E-state index in [4.69, 9.17) is 0 Å². The number of piperazine rings is 1. The SMILES string of the molecule is Cc1ccc(NC(=O)c2ccnc(N3CCN(C)CC3)c2)c(Br)c1. The smallest absolute Gasteiger partial charge is 0.255 e. The Morgan fingerprint density at radius 2 is 1.92 bits per heavy atom. The predicted molar refractivity (Wildman–Crippen MR) is 101 cm³/mol. The number of halogens is 1. The van der Waals surface area contributed by atoms with Crippen LogP contribution in [0.25, 0.3) is 0 Å². The molecular formula is C18H21BrN4O. The number of nitrogens with zero attached hydrogens (tertiary/aromatic N) is 3. The molecule has 1 fully saturated rings. The molecule has 5 nitrogen and oxygen atoms in total. The number of anilines is 2. The van der Waals surface area contributed by atoms with Gasteiger partial charge in [-0.1, -0.05) is 6.07 Å². The summed E-state index contributed by atoms with van der Waals surface area (Å²) >= 11 is 3.49. The maximum absolute atomic E-state index is 12.6. The molecule has 0 bridgehead atoms. The zero-order valence-corrected chi connectivity index (χ0v) is 15.5. The van der Waals surface area contributed by atoms with Gasteiger partial charge in [0, 0.05) is 42.4 Å². The number of carbonyl (C=O) groups excluding carboxylic acids is 1. The second kappa shape index (κ2) is 7.32. The van der Waals surface area contributed by atoms with E-state index >= 15 is 0 Å². The van der Waals surface area contributed by atoms with Crippen molar-refractivity contribution in [3.8, 4) is 0 Å². The van der Waals surface area contributed by atoms with Gasteiger partial charge >= 0.3 is 0 Å². The number of hydrogen-bond donors (Lipinski definition) is 1. The van der Waals surface area contributed by atoms with E-state index in [1.165, 1.54) is 0 Å². The zero-order valence-electron chi connectivity index (χ0n) is 13.9. The Balaban J connectivity index is 1.74. The summed E-state index contributed by atoms with van der Waals surface area (Å²) in [7, 11) is 2.12. The van der Waals surface area contributed by atoms with Gasteiger partial charge in [0.05, 0.1) is 5.69 Å². The van der Waals surface area contributed by atoms with Gasteiger partial charge in [-0.2, -0.15) is 0 Å². The van der Waals surface area contributed by atoms with Crippen molar-refractivity contribution in [2.24, 2.45) is 0 Å². The molecule has 3 rings (SSSR count). The van der Waals surface area contributed by atoms with Crippen LogP contribution in [0.3, 0.4) is 0 Å². The van der Waals surface area contributed by atoms with Gasteiger partial charge in [0.1, 0.15) is 5.82 Å². The fourth-order valence-electron chi connectivity index (χ4n) is 2.68. The van der Waals surface area contributed by atoms with Crippen LogP contribution in [-0.4, -0.2) is 49.0 Å². The minimum Gasteiger partial charge on any atom is -0.354 e. The van der Waals surface area contributed by atoms with Gasteiger partial charge in [-0.05, 0) is 59.7 Å². The summed E-state index contributed by atoms with van der Waals surface area (Å²) in [5.74, 6) is 0.732. The third-order valence-electron chi connectivity index (χ3n) is 4.21. The molecule has 1 amide bonds. The van der Waals surface area contributed by atoms with E-state index in [9.17, 15) is 4.79 Å². The molecule has 126 valence electrons. The lowest BCUT2D eigenvalue weighted by Crippen LogP contribution is -2.44. The highest BCUT2D eigenvalue weighted by Crippen LogP contribution is 2.24. The highest BCUT2D eigenvalue weighted by atomic mass is 79.9. The van der Waals surface area contributed by atoms with Crippen molar-refractivity contribution in [2.45, 2.75) is 6.92 Å². The van der Waals surface area contributed by atoms with Crippen molar-refractivity contribution in [1.29, 1.82) is 0 Å². The molecule has 1 aliphatic heterocycles. The predicted octanol–water partition coefficient (Wildman–Crippen LogP) is 3.16. The first kappa shape index (κ1) is 16.9. The van der Waals surface area contributed by atoms with Crippen LogP contribution in [-0.2, 0) is 0 Å². The second-order valence-corrected chi connectivity index (χ2v) is 6.98. The van der Waals surface area contributed by atoms with Crippen LogP contribution < -0.4 is 10.2 Å². The molecule has 24 heavy (non-hydrogen) atoms. The van der Waals surface area contributed by atoms with Crippen molar-refractivity contribution < 1.29 is 4.79 Å². The Morgan fingerprint density at radius 3 is 2.62 bits per heavy atom. The molecular weight excluding hydrogens is 368 g/mol. The van der Waals surface area contributed by atoms with E-state index in [0.717, 1.165) is 47.7 Å². The Kier molecular flexibility index (Phi) is 5.16. The molecule has 1 aliphatic rings. The van der Waals surface area contributed by atoms with Crippen LogP contribution in [0.2, 0.25) is 0 Å². The Hall–Kier alpha value is -1.92. The summed E-state index contributed by atoms with van der Waals surface area (Å²) in [4.78, 5) is 21.5. The molecule has 6 heteroatoms. The quantitative estimate of drug-likeness (QED) is 0.876. The third kappa shape index (κ3) is 3.94. The van der Waals surface area contributed by atoms with Gasteiger partial charge in [-0.25, -0.2) is 4.98 Å². The van der Waals surface area contributed by atoms with Crippen molar-refractivity contribution in [2.75, 3.05) is 43.4 Å². The molecule has 1 N–H and O–H groups in total. The summed E-state index contributed by atoms with van der Waals surface area (Å²) in [6.45, 7) is 5.89. The maximum atomic E-state index is 12.6. The fourth-order valence-corrected chi connectivity index (χ4v) is 3.28. The van der Waals surface area contributed by atoms with Crippen LogP contribution in [0, 0.1) is 6.92 Å². The largest absolute Gasteiger partial charge is 0.354 e.